The molecule has 3 rings (SSSR count). The summed E-state index contributed by atoms with van der Waals surface area (Å²) in [6.45, 7) is 7.42. The highest BCUT2D eigenvalue weighted by molar-refractivity contribution is 5.83. The van der Waals surface area contributed by atoms with Gasteiger partial charge in [-0.05, 0) is 30.3 Å². The number of hydrogen-bond acceptors (Lipinski definition) is 8. The van der Waals surface area contributed by atoms with Crippen LogP contribution in [-0.2, 0) is 0 Å². The summed E-state index contributed by atoms with van der Waals surface area (Å²) in [6.07, 6.45) is 8.33. The molecule has 33 heavy (non-hydrogen) atoms. The molecule has 3 aromatic rings. The first-order valence-electron chi connectivity index (χ1n) is 9.67. The van der Waals surface area contributed by atoms with Gasteiger partial charge in [0.2, 0.25) is 5.95 Å². The van der Waals surface area contributed by atoms with E-state index in [4.69, 9.17) is 5.73 Å². The summed E-state index contributed by atoms with van der Waals surface area (Å²) < 4.78 is 28.4. The zero-order valence-corrected chi connectivity index (χ0v) is 17.8. The lowest BCUT2D eigenvalue weighted by Gasteiger charge is -2.15. The van der Waals surface area contributed by atoms with Crippen molar-refractivity contribution < 1.29 is 8.78 Å². The number of hydrogen-bond donors (Lipinski definition) is 4. The average Bonchev–Trinajstić information content (AvgIpc) is 2.81. The Kier molecular flexibility index (Phi) is 7.43. The normalized spacial score (nSPS) is 11.3. The van der Waals surface area contributed by atoms with Crippen LogP contribution in [0.3, 0.4) is 0 Å². The van der Waals surface area contributed by atoms with Gasteiger partial charge in [-0.1, -0.05) is 13.2 Å². The maximum atomic E-state index is 14.6. The number of anilines is 4. The second kappa shape index (κ2) is 10.6. The van der Waals surface area contributed by atoms with Gasteiger partial charge in [0.05, 0.1) is 17.6 Å². The minimum atomic E-state index is -0.534. The molecule has 0 aliphatic carbocycles. The zero-order chi connectivity index (χ0) is 23.8. The highest BCUT2D eigenvalue weighted by Gasteiger charge is 2.14. The first-order chi connectivity index (χ1) is 15.9. The van der Waals surface area contributed by atoms with Gasteiger partial charge in [-0.25, -0.2) is 13.8 Å². The van der Waals surface area contributed by atoms with E-state index in [0.717, 1.165) is 6.20 Å². The molecule has 5 N–H and O–H groups in total. The Morgan fingerprint density at radius 2 is 1.97 bits per heavy atom. The van der Waals surface area contributed by atoms with E-state index in [-0.39, 0.29) is 17.5 Å². The Hall–Kier alpha value is -4.60. The molecule has 0 amide bonds. The first-order valence-corrected chi connectivity index (χ1v) is 9.67. The third kappa shape index (κ3) is 5.97. The molecule has 0 bridgehead atoms. The standard InChI is InChI=1S/C23H22F2N8/c1-4-14(2)30-17-5-6-20(25)21(8-17)32-22-19(15-7-16(24)11-28-10-15)13-29-23(33-22)31-18(9-26)12-27-3/h4-13,30H,1-2,26H2,3H3,(H2,29,31,32,33)/b18-9+,27-12?. The zero-order valence-electron chi connectivity index (χ0n) is 17.8. The molecule has 0 saturated heterocycles. The molecule has 0 radical (unpaired) electrons. The number of aromatic nitrogens is 3. The van der Waals surface area contributed by atoms with Crippen molar-refractivity contribution in [2.75, 3.05) is 23.0 Å². The van der Waals surface area contributed by atoms with Crippen LogP contribution in [0.5, 0.6) is 0 Å². The lowest BCUT2D eigenvalue weighted by Crippen LogP contribution is -2.09. The third-order valence-electron chi connectivity index (χ3n) is 4.28. The molecule has 0 fully saturated rings. The minimum Gasteiger partial charge on any atom is -0.403 e. The van der Waals surface area contributed by atoms with Crippen molar-refractivity contribution in [3.05, 3.63) is 91.3 Å². The molecule has 0 aliphatic heterocycles. The number of pyridine rings is 1. The Balaban J connectivity index is 2.05. The largest absolute Gasteiger partial charge is 0.403 e. The van der Waals surface area contributed by atoms with Crippen molar-refractivity contribution in [2.24, 2.45) is 10.7 Å². The number of nitrogens with one attached hydrogen (secondary N) is 3. The fourth-order valence-corrected chi connectivity index (χ4v) is 2.76. The van der Waals surface area contributed by atoms with Gasteiger partial charge in [0.25, 0.3) is 0 Å². The maximum absolute atomic E-state index is 14.6. The molecule has 0 saturated carbocycles. The van der Waals surface area contributed by atoms with Gasteiger partial charge < -0.3 is 21.7 Å². The van der Waals surface area contributed by atoms with E-state index in [0.29, 0.717) is 28.2 Å². The Morgan fingerprint density at radius 1 is 1.15 bits per heavy atom. The minimum absolute atomic E-state index is 0.122. The van der Waals surface area contributed by atoms with E-state index < -0.39 is 11.6 Å². The summed E-state index contributed by atoms with van der Waals surface area (Å²) >= 11 is 0. The number of aliphatic imine (C=N–C) groups is 1. The van der Waals surface area contributed by atoms with Crippen LogP contribution >= 0.6 is 0 Å². The fourth-order valence-electron chi connectivity index (χ4n) is 2.76. The first kappa shape index (κ1) is 23.1. The molecular formula is C23H22F2N8. The molecule has 2 aromatic heterocycles. The summed E-state index contributed by atoms with van der Waals surface area (Å²) in [7, 11) is 1.59. The molecule has 8 nitrogen and oxygen atoms in total. The molecular weight excluding hydrogens is 426 g/mol. The Labute approximate surface area is 189 Å². The predicted molar refractivity (Wildman–Crippen MR) is 128 cm³/mol. The van der Waals surface area contributed by atoms with Crippen LogP contribution in [0.1, 0.15) is 0 Å². The van der Waals surface area contributed by atoms with Gasteiger partial charge in [-0.3, -0.25) is 9.98 Å². The molecule has 0 spiro atoms. The van der Waals surface area contributed by atoms with Gasteiger partial charge in [0, 0.05) is 54.4 Å². The van der Waals surface area contributed by atoms with Crippen molar-refractivity contribution in [3.63, 3.8) is 0 Å². The number of rotatable bonds is 9. The highest BCUT2D eigenvalue weighted by atomic mass is 19.1. The van der Waals surface area contributed by atoms with Gasteiger partial charge in [0.1, 0.15) is 17.5 Å². The summed E-state index contributed by atoms with van der Waals surface area (Å²) in [4.78, 5) is 16.4. The van der Waals surface area contributed by atoms with Gasteiger partial charge in [0.15, 0.2) is 0 Å². The molecule has 2 heterocycles. The molecule has 1 aromatic carbocycles. The van der Waals surface area contributed by atoms with Crippen LogP contribution in [0.4, 0.5) is 31.9 Å². The van der Waals surface area contributed by atoms with E-state index in [9.17, 15) is 8.78 Å². The number of nitrogens with two attached hydrogens (primary N) is 1. The van der Waals surface area contributed by atoms with E-state index in [1.54, 1.807) is 19.2 Å². The number of allylic oxidation sites excluding steroid dienone is 2. The van der Waals surface area contributed by atoms with Crippen LogP contribution in [0.2, 0.25) is 0 Å². The number of nitrogens with zero attached hydrogens (tertiary/aromatic N) is 4. The lowest BCUT2D eigenvalue weighted by molar-refractivity contribution is 0.622. The predicted octanol–water partition coefficient (Wildman–Crippen LogP) is 4.58. The topological polar surface area (TPSA) is 113 Å². The highest BCUT2D eigenvalue weighted by Crippen LogP contribution is 2.31. The molecule has 168 valence electrons. The Morgan fingerprint density at radius 3 is 2.67 bits per heavy atom. The van der Waals surface area contributed by atoms with Crippen LogP contribution in [0, 0.1) is 11.6 Å². The van der Waals surface area contributed by atoms with Crippen LogP contribution in [0.25, 0.3) is 11.1 Å². The second-order valence-corrected chi connectivity index (χ2v) is 6.66. The van der Waals surface area contributed by atoms with E-state index in [1.807, 2.05) is 0 Å². The third-order valence-corrected chi connectivity index (χ3v) is 4.28. The summed E-state index contributed by atoms with van der Waals surface area (Å²) in [5.74, 6) is -0.685. The van der Waals surface area contributed by atoms with Crippen molar-refractivity contribution >= 4 is 29.4 Å². The number of halogens is 2. The fraction of sp³-hybridized carbons (Fsp3) is 0.0435. The summed E-state index contributed by atoms with van der Waals surface area (Å²) in [6, 6.07) is 5.67. The summed E-state index contributed by atoms with van der Waals surface area (Å²) in [5.41, 5.74) is 8.10. The van der Waals surface area contributed by atoms with Crippen molar-refractivity contribution in [3.8, 4) is 11.1 Å². The smallest absolute Gasteiger partial charge is 0.229 e. The van der Waals surface area contributed by atoms with Crippen molar-refractivity contribution in [1.29, 1.82) is 0 Å². The average molecular weight is 448 g/mol. The summed E-state index contributed by atoms with van der Waals surface area (Å²) in [5, 5.41) is 8.87. The second-order valence-electron chi connectivity index (χ2n) is 6.66. The van der Waals surface area contributed by atoms with Gasteiger partial charge in [-0.15, -0.1) is 0 Å². The molecule has 0 unspecified atom stereocenters. The van der Waals surface area contributed by atoms with Crippen LogP contribution < -0.4 is 21.7 Å². The van der Waals surface area contributed by atoms with Crippen LogP contribution in [0.15, 0.2) is 84.7 Å². The monoisotopic (exact) mass is 448 g/mol. The lowest BCUT2D eigenvalue weighted by atomic mass is 10.1. The molecule has 0 aliphatic rings. The Bertz CT molecular complexity index is 1240. The number of benzene rings is 1. The maximum Gasteiger partial charge on any atom is 0.229 e. The molecule has 0 atom stereocenters. The van der Waals surface area contributed by atoms with Gasteiger partial charge >= 0.3 is 0 Å². The van der Waals surface area contributed by atoms with E-state index in [1.165, 1.54) is 43.0 Å². The SMILES string of the molecule is C=CC(=C)Nc1ccc(F)c(Nc2nc(N/C(C=NC)=C/N)ncc2-c2cncc(F)c2)c1. The quantitative estimate of drug-likeness (QED) is 0.280. The van der Waals surface area contributed by atoms with E-state index >= 15 is 0 Å². The molecule has 10 heteroatoms. The van der Waals surface area contributed by atoms with Crippen molar-refractivity contribution in [2.45, 2.75) is 0 Å². The van der Waals surface area contributed by atoms with E-state index in [2.05, 4.69) is 49.1 Å². The van der Waals surface area contributed by atoms with Gasteiger partial charge in [-0.2, -0.15) is 4.98 Å². The van der Waals surface area contributed by atoms with Crippen LogP contribution in [-0.4, -0.2) is 28.2 Å². The van der Waals surface area contributed by atoms with Crippen molar-refractivity contribution in [1.82, 2.24) is 15.0 Å².